The van der Waals surface area contributed by atoms with Crippen molar-refractivity contribution in [1.82, 2.24) is 15.0 Å². The maximum absolute atomic E-state index is 9.44. The largest absolute Gasteiger partial charge is 0.497 e. The molecule has 6 heteroatoms. The van der Waals surface area contributed by atoms with Crippen LogP contribution in [0.4, 0.5) is 5.82 Å². The Kier molecular flexibility index (Phi) is 4.47. The van der Waals surface area contributed by atoms with Crippen molar-refractivity contribution in [2.75, 3.05) is 18.6 Å². The molecule has 1 aromatic carbocycles. The molecular formula is C17H21N5O. The van der Waals surface area contributed by atoms with Gasteiger partial charge < -0.3 is 9.64 Å². The van der Waals surface area contributed by atoms with E-state index >= 15 is 0 Å². The number of ether oxygens (including phenoxy) is 1. The summed E-state index contributed by atoms with van der Waals surface area (Å²) in [5.41, 5.74) is 1.21. The first kappa shape index (κ1) is 15.3. The fourth-order valence-electron chi connectivity index (χ4n) is 3.10. The maximum atomic E-state index is 9.44. The van der Waals surface area contributed by atoms with Crippen LogP contribution in [0.1, 0.15) is 38.3 Å². The highest BCUT2D eigenvalue weighted by molar-refractivity contribution is 5.51. The molecule has 0 saturated carbocycles. The van der Waals surface area contributed by atoms with Crippen molar-refractivity contribution in [1.29, 1.82) is 5.26 Å². The number of anilines is 1. The van der Waals surface area contributed by atoms with Gasteiger partial charge in [-0.15, -0.1) is 15.0 Å². The minimum absolute atomic E-state index is 0.390. The van der Waals surface area contributed by atoms with Crippen LogP contribution in [0.5, 0.6) is 5.75 Å². The van der Waals surface area contributed by atoms with Crippen LogP contribution in [-0.4, -0.2) is 34.7 Å². The minimum atomic E-state index is 0.390. The van der Waals surface area contributed by atoms with Crippen molar-refractivity contribution in [3.05, 3.63) is 30.0 Å². The molecule has 2 aromatic rings. The molecule has 120 valence electrons. The van der Waals surface area contributed by atoms with Crippen LogP contribution < -0.4 is 9.64 Å². The van der Waals surface area contributed by atoms with E-state index < -0.39 is 0 Å². The Morgan fingerprint density at radius 2 is 2.04 bits per heavy atom. The first-order valence-corrected chi connectivity index (χ1v) is 8.05. The Labute approximate surface area is 136 Å². The van der Waals surface area contributed by atoms with Gasteiger partial charge in [-0.3, -0.25) is 0 Å². The maximum Gasteiger partial charge on any atom is 0.207 e. The zero-order chi connectivity index (χ0) is 16.2. The van der Waals surface area contributed by atoms with Crippen LogP contribution in [-0.2, 0) is 0 Å². The van der Waals surface area contributed by atoms with Gasteiger partial charge in [0.1, 0.15) is 11.8 Å². The van der Waals surface area contributed by atoms with E-state index in [4.69, 9.17) is 4.74 Å². The third-order valence-electron chi connectivity index (χ3n) is 4.38. The fourth-order valence-corrected chi connectivity index (χ4v) is 3.10. The summed E-state index contributed by atoms with van der Waals surface area (Å²) in [6.45, 7) is 3.12. The van der Waals surface area contributed by atoms with Crippen LogP contribution in [0, 0.1) is 11.3 Å². The quantitative estimate of drug-likeness (QED) is 0.868. The zero-order valence-corrected chi connectivity index (χ0v) is 13.6. The summed E-state index contributed by atoms with van der Waals surface area (Å²) < 4.78 is 5.17. The fraction of sp³-hybridized carbons (Fsp3) is 0.471. The molecule has 1 aliphatic rings. The van der Waals surface area contributed by atoms with Gasteiger partial charge in [-0.1, -0.05) is 6.92 Å². The van der Waals surface area contributed by atoms with Crippen molar-refractivity contribution >= 4 is 5.82 Å². The number of methoxy groups -OCH3 is 1. The lowest BCUT2D eigenvalue weighted by Crippen LogP contribution is -2.39. The highest BCUT2D eigenvalue weighted by Gasteiger charge is 2.26. The Balaban J connectivity index is 1.95. The predicted octanol–water partition coefficient (Wildman–Crippen LogP) is 2.92. The average molecular weight is 311 g/mol. The van der Waals surface area contributed by atoms with Gasteiger partial charge in [0, 0.05) is 12.6 Å². The van der Waals surface area contributed by atoms with Crippen molar-refractivity contribution in [2.24, 2.45) is 0 Å². The van der Waals surface area contributed by atoms with Crippen molar-refractivity contribution < 1.29 is 4.74 Å². The first-order valence-electron chi connectivity index (χ1n) is 8.05. The van der Waals surface area contributed by atoms with E-state index in [0.717, 1.165) is 37.2 Å². The molecule has 1 saturated heterocycles. The van der Waals surface area contributed by atoms with E-state index in [-0.39, 0.29) is 0 Å². The number of nitrogens with zero attached hydrogens (tertiary/aromatic N) is 5. The van der Waals surface area contributed by atoms with Gasteiger partial charge in [0.15, 0.2) is 5.82 Å². The number of piperidine rings is 1. The van der Waals surface area contributed by atoms with Crippen LogP contribution in [0.15, 0.2) is 24.3 Å². The SMILES string of the molecule is CC[C@H]1CCCCN1c1nn(-c2ccc(OC)cc2)nc1C#N. The standard InChI is InChI=1S/C17H21N5O/c1-3-13-6-4-5-11-21(13)17-16(12-18)19-22(20-17)14-7-9-15(23-2)10-8-14/h7-10,13H,3-6,11H2,1-2H3/t13-/m0/s1. The number of benzene rings is 1. The highest BCUT2D eigenvalue weighted by Crippen LogP contribution is 2.27. The second-order valence-corrected chi connectivity index (χ2v) is 5.72. The van der Waals surface area contributed by atoms with Gasteiger partial charge in [0.05, 0.1) is 12.8 Å². The molecule has 1 fully saturated rings. The number of aromatic nitrogens is 3. The summed E-state index contributed by atoms with van der Waals surface area (Å²) in [6.07, 6.45) is 4.58. The smallest absolute Gasteiger partial charge is 0.207 e. The number of nitriles is 1. The predicted molar refractivity (Wildman–Crippen MR) is 87.9 cm³/mol. The van der Waals surface area contributed by atoms with Gasteiger partial charge in [0.2, 0.25) is 5.69 Å². The van der Waals surface area contributed by atoms with Gasteiger partial charge in [0.25, 0.3) is 0 Å². The summed E-state index contributed by atoms with van der Waals surface area (Å²) in [5, 5.41) is 18.4. The molecule has 1 atom stereocenters. The van der Waals surface area contributed by atoms with E-state index in [9.17, 15) is 5.26 Å². The molecule has 1 aromatic heterocycles. The number of rotatable bonds is 4. The van der Waals surface area contributed by atoms with Gasteiger partial charge in [-0.2, -0.15) is 5.26 Å². The molecule has 2 heterocycles. The van der Waals surface area contributed by atoms with E-state index in [0.29, 0.717) is 17.6 Å². The van der Waals surface area contributed by atoms with Crippen LogP contribution >= 0.6 is 0 Å². The zero-order valence-electron chi connectivity index (χ0n) is 13.6. The lowest BCUT2D eigenvalue weighted by molar-refractivity contribution is 0.414. The molecule has 6 nitrogen and oxygen atoms in total. The third-order valence-corrected chi connectivity index (χ3v) is 4.38. The van der Waals surface area contributed by atoms with Crippen LogP contribution in [0.25, 0.3) is 5.69 Å². The summed E-state index contributed by atoms with van der Waals surface area (Å²) in [6, 6.07) is 10.1. The molecule has 0 radical (unpaired) electrons. The second kappa shape index (κ2) is 6.69. The monoisotopic (exact) mass is 311 g/mol. The molecule has 0 aliphatic carbocycles. The Morgan fingerprint density at radius 1 is 1.26 bits per heavy atom. The minimum Gasteiger partial charge on any atom is -0.497 e. The van der Waals surface area contributed by atoms with Gasteiger partial charge >= 0.3 is 0 Å². The second-order valence-electron chi connectivity index (χ2n) is 5.72. The Bertz CT molecular complexity index is 701. The molecule has 0 unspecified atom stereocenters. The van der Waals surface area contributed by atoms with Crippen molar-refractivity contribution in [2.45, 2.75) is 38.6 Å². The van der Waals surface area contributed by atoms with Crippen LogP contribution in [0.2, 0.25) is 0 Å². The molecule has 0 amide bonds. The topological polar surface area (TPSA) is 67.0 Å². The van der Waals surface area contributed by atoms with Gasteiger partial charge in [-0.25, -0.2) is 0 Å². The van der Waals surface area contributed by atoms with Crippen LogP contribution in [0.3, 0.4) is 0 Å². The lowest BCUT2D eigenvalue weighted by Gasteiger charge is -2.35. The first-order chi connectivity index (χ1) is 11.3. The Hall–Kier alpha value is -2.55. The molecule has 23 heavy (non-hydrogen) atoms. The molecular weight excluding hydrogens is 290 g/mol. The van der Waals surface area contributed by atoms with E-state index in [2.05, 4.69) is 28.1 Å². The van der Waals surface area contributed by atoms with E-state index in [1.165, 1.54) is 11.2 Å². The molecule has 0 N–H and O–H groups in total. The number of hydrogen-bond acceptors (Lipinski definition) is 5. The summed E-state index contributed by atoms with van der Waals surface area (Å²) >= 11 is 0. The molecule has 0 bridgehead atoms. The summed E-state index contributed by atoms with van der Waals surface area (Å²) in [7, 11) is 1.63. The number of hydrogen-bond donors (Lipinski definition) is 0. The highest BCUT2D eigenvalue weighted by atomic mass is 16.5. The molecule has 3 rings (SSSR count). The van der Waals surface area contributed by atoms with E-state index in [1.54, 1.807) is 7.11 Å². The lowest BCUT2D eigenvalue weighted by atomic mass is 10.00. The summed E-state index contributed by atoms with van der Waals surface area (Å²) in [4.78, 5) is 3.78. The van der Waals surface area contributed by atoms with Crippen molar-refractivity contribution in [3.8, 4) is 17.5 Å². The molecule has 0 spiro atoms. The van der Waals surface area contributed by atoms with Gasteiger partial charge in [-0.05, 0) is 49.9 Å². The summed E-state index contributed by atoms with van der Waals surface area (Å²) in [5.74, 6) is 1.48. The normalized spacial score (nSPS) is 17.8. The Morgan fingerprint density at radius 3 is 2.70 bits per heavy atom. The average Bonchev–Trinajstić information content (AvgIpc) is 3.06. The third kappa shape index (κ3) is 3.00. The van der Waals surface area contributed by atoms with E-state index in [1.807, 2.05) is 24.3 Å². The molecule has 1 aliphatic heterocycles. The van der Waals surface area contributed by atoms with Crippen molar-refractivity contribution in [3.63, 3.8) is 0 Å².